The first kappa shape index (κ1) is 10.8. The first-order chi connectivity index (χ1) is 6.38. The molecule has 1 rings (SSSR count). The van der Waals surface area contributed by atoms with Gasteiger partial charge in [-0.3, -0.25) is 9.35 Å². The molecule has 0 aliphatic rings. The minimum absolute atomic E-state index is 0.0454. The molecule has 0 aliphatic carbocycles. The summed E-state index contributed by atoms with van der Waals surface area (Å²) in [4.78, 5) is 11.1. The number of rotatable bonds is 3. The number of ketones is 1. The van der Waals surface area contributed by atoms with Crippen LogP contribution in [0.25, 0.3) is 0 Å². The van der Waals surface area contributed by atoms with Gasteiger partial charge >= 0.3 is 0 Å². The van der Waals surface area contributed by atoms with Crippen LogP contribution in [0.5, 0.6) is 0 Å². The molecule has 0 radical (unpaired) electrons. The molecule has 0 saturated heterocycles. The predicted octanol–water partition coefficient (Wildman–Crippen LogP) is 0.896. The van der Waals surface area contributed by atoms with Crippen LogP contribution in [0.3, 0.4) is 0 Å². The zero-order valence-electron chi connectivity index (χ0n) is 6.97. The molecule has 0 atom stereocenters. The Kier molecular flexibility index (Phi) is 2.97. The van der Waals surface area contributed by atoms with E-state index in [0.29, 0.717) is 0 Å². The smallest absolute Gasteiger partial charge is 0.272 e. The van der Waals surface area contributed by atoms with Gasteiger partial charge in [0.15, 0.2) is 5.78 Å². The highest BCUT2D eigenvalue weighted by Gasteiger charge is 2.14. The van der Waals surface area contributed by atoms with Crippen molar-refractivity contribution in [2.75, 3.05) is 5.75 Å². The second-order valence-corrected chi connectivity index (χ2v) is 4.11. The maximum Gasteiger partial charge on any atom is 0.272 e. The topological polar surface area (TPSA) is 71.4 Å². The van der Waals surface area contributed by atoms with E-state index in [9.17, 15) is 17.6 Å². The van der Waals surface area contributed by atoms with Crippen molar-refractivity contribution in [3.8, 4) is 0 Å². The van der Waals surface area contributed by atoms with Crippen LogP contribution in [0.4, 0.5) is 4.39 Å². The van der Waals surface area contributed by atoms with E-state index in [0.717, 1.165) is 24.3 Å². The summed E-state index contributed by atoms with van der Waals surface area (Å²) in [6.45, 7) is 0. The molecule has 0 aromatic heterocycles. The van der Waals surface area contributed by atoms with Gasteiger partial charge < -0.3 is 0 Å². The molecule has 1 aromatic rings. The molecule has 0 heterocycles. The van der Waals surface area contributed by atoms with Crippen LogP contribution in [0, 0.1) is 5.82 Å². The molecular formula is C8H7FO4S. The van der Waals surface area contributed by atoms with Crippen molar-refractivity contribution in [3.05, 3.63) is 35.6 Å². The summed E-state index contributed by atoms with van der Waals surface area (Å²) in [5.41, 5.74) is 0.0454. The quantitative estimate of drug-likeness (QED) is 0.604. The minimum Gasteiger partial charge on any atom is -0.293 e. The Morgan fingerprint density at radius 1 is 1.29 bits per heavy atom. The Balaban J connectivity index is 2.86. The molecule has 14 heavy (non-hydrogen) atoms. The number of halogens is 1. The van der Waals surface area contributed by atoms with Crippen molar-refractivity contribution in [1.82, 2.24) is 0 Å². The number of carbonyl (C=O) groups excluding carboxylic acids is 1. The van der Waals surface area contributed by atoms with E-state index in [1.165, 1.54) is 0 Å². The summed E-state index contributed by atoms with van der Waals surface area (Å²) >= 11 is 0. The van der Waals surface area contributed by atoms with E-state index >= 15 is 0 Å². The van der Waals surface area contributed by atoms with Gasteiger partial charge in [0.1, 0.15) is 11.6 Å². The van der Waals surface area contributed by atoms with E-state index in [4.69, 9.17) is 4.55 Å². The van der Waals surface area contributed by atoms with Gasteiger partial charge in [-0.2, -0.15) is 8.42 Å². The molecule has 4 nitrogen and oxygen atoms in total. The van der Waals surface area contributed by atoms with Crippen LogP contribution in [0.2, 0.25) is 0 Å². The van der Waals surface area contributed by atoms with E-state index in [1.807, 2.05) is 0 Å². The molecular weight excluding hydrogens is 211 g/mol. The second kappa shape index (κ2) is 3.85. The van der Waals surface area contributed by atoms with Gasteiger partial charge in [-0.25, -0.2) is 4.39 Å². The monoisotopic (exact) mass is 218 g/mol. The Labute approximate surface area is 80.1 Å². The minimum atomic E-state index is -4.32. The molecule has 6 heteroatoms. The molecule has 76 valence electrons. The third-order valence-electron chi connectivity index (χ3n) is 1.48. The summed E-state index contributed by atoms with van der Waals surface area (Å²) in [7, 11) is -4.32. The summed E-state index contributed by atoms with van der Waals surface area (Å²) in [6.07, 6.45) is 0. The normalized spacial score (nSPS) is 11.3. The first-order valence-electron chi connectivity index (χ1n) is 3.62. The summed E-state index contributed by atoms with van der Waals surface area (Å²) in [6, 6.07) is 4.39. The lowest BCUT2D eigenvalue weighted by Gasteiger charge is -1.97. The molecule has 0 aliphatic heterocycles. The summed E-state index contributed by atoms with van der Waals surface area (Å²) in [5, 5.41) is 0. The summed E-state index contributed by atoms with van der Waals surface area (Å²) < 4.78 is 41.5. The fourth-order valence-electron chi connectivity index (χ4n) is 0.885. The lowest BCUT2D eigenvalue weighted by atomic mass is 10.1. The number of carbonyl (C=O) groups is 1. The van der Waals surface area contributed by atoms with Crippen molar-refractivity contribution >= 4 is 15.9 Å². The van der Waals surface area contributed by atoms with Gasteiger partial charge in [0.2, 0.25) is 0 Å². The highest BCUT2D eigenvalue weighted by atomic mass is 32.2. The zero-order valence-corrected chi connectivity index (χ0v) is 7.79. The fraction of sp³-hybridized carbons (Fsp3) is 0.125. The molecule has 0 unspecified atom stereocenters. The van der Waals surface area contributed by atoms with Crippen molar-refractivity contribution in [2.24, 2.45) is 0 Å². The summed E-state index contributed by atoms with van der Waals surface area (Å²) in [5.74, 6) is -2.28. The highest BCUT2D eigenvalue weighted by molar-refractivity contribution is 7.86. The van der Waals surface area contributed by atoms with E-state index in [-0.39, 0.29) is 5.56 Å². The average molecular weight is 218 g/mol. The lowest BCUT2D eigenvalue weighted by Crippen LogP contribution is -2.14. The van der Waals surface area contributed by atoms with Gasteiger partial charge in [-0.05, 0) is 24.3 Å². The Hall–Kier alpha value is -1.27. The maximum atomic E-state index is 12.4. The van der Waals surface area contributed by atoms with E-state index in [1.54, 1.807) is 0 Å². The Bertz CT molecular complexity index is 435. The van der Waals surface area contributed by atoms with Crippen LogP contribution < -0.4 is 0 Å². The van der Waals surface area contributed by atoms with Crippen LogP contribution in [0.15, 0.2) is 24.3 Å². The van der Waals surface area contributed by atoms with E-state index < -0.39 is 27.5 Å². The SMILES string of the molecule is O=C(CS(=O)(=O)O)c1ccc(F)cc1. The number of benzene rings is 1. The molecule has 0 amide bonds. The Morgan fingerprint density at radius 2 is 1.79 bits per heavy atom. The molecule has 0 saturated carbocycles. The van der Waals surface area contributed by atoms with Crippen LogP contribution in [0.1, 0.15) is 10.4 Å². The predicted molar refractivity (Wildman–Crippen MR) is 47.1 cm³/mol. The number of hydrogen-bond acceptors (Lipinski definition) is 3. The average Bonchev–Trinajstić information content (AvgIpc) is 2.02. The van der Waals surface area contributed by atoms with Crippen molar-refractivity contribution in [2.45, 2.75) is 0 Å². The molecule has 0 bridgehead atoms. The van der Waals surface area contributed by atoms with Gasteiger partial charge in [-0.1, -0.05) is 0 Å². The van der Waals surface area contributed by atoms with Gasteiger partial charge in [-0.15, -0.1) is 0 Å². The largest absolute Gasteiger partial charge is 0.293 e. The fourth-order valence-corrected chi connectivity index (χ4v) is 1.38. The van der Waals surface area contributed by atoms with E-state index in [2.05, 4.69) is 0 Å². The Morgan fingerprint density at radius 3 is 2.21 bits per heavy atom. The van der Waals surface area contributed by atoms with Gasteiger partial charge in [0, 0.05) is 5.56 Å². The highest BCUT2D eigenvalue weighted by Crippen LogP contribution is 2.04. The molecule has 1 N–H and O–H groups in total. The van der Waals surface area contributed by atoms with Crippen LogP contribution >= 0.6 is 0 Å². The third kappa shape index (κ3) is 3.23. The van der Waals surface area contributed by atoms with Gasteiger partial charge in [0.25, 0.3) is 10.1 Å². The maximum absolute atomic E-state index is 12.4. The van der Waals surface area contributed by atoms with Crippen molar-refractivity contribution in [1.29, 1.82) is 0 Å². The second-order valence-electron chi connectivity index (χ2n) is 2.66. The molecule has 0 fully saturated rings. The molecule has 0 spiro atoms. The number of hydrogen-bond donors (Lipinski definition) is 1. The standard InChI is InChI=1S/C8H7FO4S/c9-7-3-1-6(2-4-7)8(10)5-14(11,12)13/h1-4H,5H2,(H,11,12,13). The van der Waals surface area contributed by atoms with Crippen molar-refractivity contribution in [3.63, 3.8) is 0 Å². The lowest BCUT2D eigenvalue weighted by molar-refractivity contribution is 0.101. The van der Waals surface area contributed by atoms with Crippen LogP contribution in [-0.4, -0.2) is 24.5 Å². The number of Topliss-reactive ketones (excluding diaryl/α,β-unsaturated/α-hetero) is 1. The van der Waals surface area contributed by atoms with Crippen molar-refractivity contribution < 1.29 is 22.2 Å². The third-order valence-corrected chi connectivity index (χ3v) is 2.11. The van der Waals surface area contributed by atoms with Crippen LogP contribution in [-0.2, 0) is 10.1 Å². The first-order valence-corrected chi connectivity index (χ1v) is 5.23. The molecule has 1 aromatic carbocycles. The van der Waals surface area contributed by atoms with Gasteiger partial charge in [0.05, 0.1) is 0 Å². The zero-order chi connectivity index (χ0) is 10.8.